The van der Waals surface area contributed by atoms with Gasteiger partial charge in [0.2, 0.25) is 0 Å². The molecule has 0 saturated heterocycles. The Hall–Kier alpha value is -0.300. The van der Waals surface area contributed by atoms with Gasteiger partial charge in [-0.2, -0.15) is 0 Å². The Morgan fingerprint density at radius 1 is 1.40 bits per heavy atom. The third-order valence-electron chi connectivity index (χ3n) is 0.884. The molecular weight excluding hydrogens is 124 g/mol. The van der Waals surface area contributed by atoms with Crippen LogP contribution < -0.4 is 0 Å². The van der Waals surface area contributed by atoms with Crippen molar-refractivity contribution in [2.24, 2.45) is 5.41 Å². The highest BCUT2D eigenvalue weighted by Crippen LogP contribution is 2.12. The fourth-order valence-electron chi connectivity index (χ4n) is 0.531. The van der Waals surface area contributed by atoms with E-state index >= 15 is 0 Å². The first kappa shape index (κ1) is 9.70. The summed E-state index contributed by atoms with van der Waals surface area (Å²) in [5.41, 5.74) is 1.36. The Balaban J connectivity index is 3.29. The molecule has 0 aromatic rings. The van der Waals surface area contributed by atoms with Crippen LogP contribution in [0.25, 0.3) is 0 Å². The first-order valence-corrected chi connectivity index (χ1v) is 3.64. The molecule has 0 unspecified atom stereocenters. The zero-order chi connectivity index (χ0) is 8.20. The third kappa shape index (κ3) is 7.70. The van der Waals surface area contributed by atoms with Gasteiger partial charge in [0.15, 0.2) is 0 Å². The maximum Gasteiger partial charge on any atom is 0.0671 e. The summed E-state index contributed by atoms with van der Waals surface area (Å²) >= 11 is 0. The highest BCUT2D eigenvalue weighted by Gasteiger charge is 2.09. The zero-order valence-corrected chi connectivity index (χ0v) is 7.53. The van der Waals surface area contributed by atoms with E-state index in [-0.39, 0.29) is 5.41 Å². The van der Waals surface area contributed by atoms with Crippen molar-refractivity contribution in [3.63, 3.8) is 0 Å². The van der Waals surface area contributed by atoms with Crippen LogP contribution in [-0.4, -0.2) is 13.2 Å². The summed E-state index contributed by atoms with van der Waals surface area (Å²) < 4.78 is 5.36. The van der Waals surface area contributed by atoms with E-state index in [1.807, 2.05) is 6.92 Å². The summed E-state index contributed by atoms with van der Waals surface area (Å²) in [6.45, 7) is 13.7. The van der Waals surface area contributed by atoms with E-state index in [4.69, 9.17) is 4.74 Å². The van der Waals surface area contributed by atoms with E-state index in [0.717, 1.165) is 12.2 Å². The minimum Gasteiger partial charge on any atom is -0.377 e. The van der Waals surface area contributed by atoms with Crippen LogP contribution in [0.3, 0.4) is 0 Å². The van der Waals surface area contributed by atoms with Crippen LogP contribution >= 0.6 is 0 Å². The SMILES string of the molecule is C=C(C)COCC(C)(C)C. The summed E-state index contributed by atoms with van der Waals surface area (Å²) in [6.07, 6.45) is 0. The van der Waals surface area contributed by atoms with Gasteiger partial charge in [0, 0.05) is 0 Å². The Bertz CT molecular complexity index is 108. The van der Waals surface area contributed by atoms with Crippen molar-refractivity contribution in [2.45, 2.75) is 27.7 Å². The number of ether oxygens (including phenoxy) is 1. The molecule has 0 rings (SSSR count). The van der Waals surface area contributed by atoms with Crippen LogP contribution in [-0.2, 0) is 4.74 Å². The lowest BCUT2D eigenvalue weighted by molar-refractivity contribution is 0.0869. The van der Waals surface area contributed by atoms with Crippen LogP contribution in [0, 0.1) is 5.41 Å². The van der Waals surface area contributed by atoms with Gasteiger partial charge >= 0.3 is 0 Å². The molecule has 0 fully saturated rings. The van der Waals surface area contributed by atoms with Crippen molar-refractivity contribution in [2.75, 3.05) is 13.2 Å². The second-order valence-electron chi connectivity index (χ2n) is 4.01. The first-order chi connectivity index (χ1) is 4.42. The minimum atomic E-state index is 0.273. The topological polar surface area (TPSA) is 9.23 Å². The molecule has 0 aliphatic heterocycles. The van der Waals surface area contributed by atoms with Crippen LogP contribution in [0.1, 0.15) is 27.7 Å². The fraction of sp³-hybridized carbons (Fsp3) is 0.778. The first-order valence-electron chi connectivity index (χ1n) is 3.64. The van der Waals surface area contributed by atoms with Gasteiger partial charge < -0.3 is 4.74 Å². The molecule has 0 spiro atoms. The molecular formula is C9H18O. The number of hydrogen-bond acceptors (Lipinski definition) is 1. The summed E-state index contributed by atoms with van der Waals surface area (Å²) in [4.78, 5) is 0. The molecule has 0 aromatic heterocycles. The minimum absolute atomic E-state index is 0.273. The monoisotopic (exact) mass is 142 g/mol. The average Bonchev–Trinajstić information content (AvgIpc) is 1.59. The van der Waals surface area contributed by atoms with Crippen molar-refractivity contribution in [1.82, 2.24) is 0 Å². The van der Waals surface area contributed by atoms with Gasteiger partial charge in [0.05, 0.1) is 13.2 Å². The van der Waals surface area contributed by atoms with E-state index in [2.05, 4.69) is 27.4 Å². The van der Waals surface area contributed by atoms with Gasteiger partial charge in [0.25, 0.3) is 0 Å². The molecule has 0 saturated carbocycles. The van der Waals surface area contributed by atoms with Crippen molar-refractivity contribution in [1.29, 1.82) is 0 Å². The molecule has 0 heterocycles. The van der Waals surface area contributed by atoms with Crippen LogP contribution in [0.4, 0.5) is 0 Å². The highest BCUT2D eigenvalue weighted by atomic mass is 16.5. The van der Waals surface area contributed by atoms with Gasteiger partial charge in [-0.1, -0.05) is 32.9 Å². The molecule has 0 atom stereocenters. The van der Waals surface area contributed by atoms with E-state index in [0.29, 0.717) is 6.61 Å². The molecule has 0 radical (unpaired) electrons. The predicted octanol–water partition coefficient (Wildman–Crippen LogP) is 2.63. The van der Waals surface area contributed by atoms with Gasteiger partial charge in [-0.05, 0) is 12.3 Å². The van der Waals surface area contributed by atoms with Crippen LogP contribution in [0.2, 0.25) is 0 Å². The molecule has 0 aromatic carbocycles. The standard InChI is InChI=1S/C9H18O/c1-8(2)6-10-7-9(3,4)5/h1,6-7H2,2-5H3. The van der Waals surface area contributed by atoms with Crippen molar-refractivity contribution < 1.29 is 4.74 Å². The molecule has 0 aliphatic carbocycles. The van der Waals surface area contributed by atoms with Crippen LogP contribution in [0.5, 0.6) is 0 Å². The molecule has 0 N–H and O–H groups in total. The third-order valence-corrected chi connectivity index (χ3v) is 0.884. The van der Waals surface area contributed by atoms with Crippen molar-refractivity contribution in [3.05, 3.63) is 12.2 Å². The fourth-order valence-corrected chi connectivity index (χ4v) is 0.531. The smallest absolute Gasteiger partial charge is 0.0671 e. The Kier molecular flexibility index (Phi) is 3.66. The average molecular weight is 142 g/mol. The molecule has 1 nitrogen and oxygen atoms in total. The van der Waals surface area contributed by atoms with Crippen molar-refractivity contribution in [3.8, 4) is 0 Å². The molecule has 0 aliphatic rings. The number of hydrogen-bond donors (Lipinski definition) is 0. The molecule has 10 heavy (non-hydrogen) atoms. The summed E-state index contributed by atoms with van der Waals surface area (Å²) in [6, 6.07) is 0. The van der Waals surface area contributed by atoms with E-state index in [9.17, 15) is 0 Å². The molecule has 60 valence electrons. The second kappa shape index (κ2) is 3.77. The second-order valence-corrected chi connectivity index (χ2v) is 4.01. The van der Waals surface area contributed by atoms with Crippen LogP contribution in [0.15, 0.2) is 12.2 Å². The molecule has 0 amide bonds. The highest BCUT2D eigenvalue weighted by molar-refractivity contribution is 4.87. The van der Waals surface area contributed by atoms with Gasteiger partial charge in [0.1, 0.15) is 0 Å². The lowest BCUT2D eigenvalue weighted by atomic mass is 9.99. The van der Waals surface area contributed by atoms with Crippen molar-refractivity contribution >= 4 is 0 Å². The Labute approximate surface area is 64.1 Å². The normalized spacial score (nSPS) is 11.6. The summed E-state index contributed by atoms with van der Waals surface area (Å²) in [5, 5.41) is 0. The molecule has 1 heteroatoms. The maximum atomic E-state index is 5.36. The lowest BCUT2D eigenvalue weighted by Gasteiger charge is -2.17. The lowest BCUT2D eigenvalue weighted by Crippen LogP contribution is -2.15. The van der Waals surface area contributed by atoms with Gasteiger partial charge in [-0.3, -0.25) is 0 Å². The van der Waals surface area contributed by atoms with E-state index < -0.39 is 0 Å². The Morgan fingerprint density at radius 2 is 1.90 bits per heavy atom. The quantitative estimate of drug-likeness (QED) is 0.550. The predicted molar refractivity (Wildman–Crippen MR) is 45.1 cm³/mol. The zero-order valence-electron chi connectivity index (χ0n) is 7.53. The van der Waals surface area contributed by atoms with E-state index in [1.54, 1.807) is 0 Å². The Morgan fingerprint density at radius 3 is 2.20 bits per heavy atom. The van der Waals surface area contributed by atoms with E-state index in [1.165, 1.54) is 0 Å². The molecule has 0 bridgehead atoms. The number of rotatable bonds is 3. The summed E-state index contributed by atoms with van der Waals surface area (Å²) in [7, 11) is 0. The summed E-state index contributed by atoms with van der Waals surface area (Å²) in [5.74, 6) is 0. The maximum absolute atomic E-state index is 5.36. The van der Waals surface area contributed by atoms with Gasteiger partial charge in [-0.25, -0.2) is 0 Å². The van der Waals surface area contributed by atoms with Gasteiger partial charge in [-0.15, -0.1) is 0 Å². The largest absolute Gasteiger partial charge is 0.377 e.